The van der Waals surface area contributed by atoms with Crippen LogP contribution in [-0.2, 0) is 6.54 Å². The molecule has 3 nitrogen and oxygen atoms in total. The van der Waals surface area contributed by atoms with Crippen molar-refractivity contribution in [1.29, 1.82) is 0 Å². The molecule has 1 atom stereocenters. The van der Waals surface area contributed by atoms with E-state index in [0.717, 1.165) is 26.2 Å². The van der Waals surface area contributed by atoms with Gasteiger partial charge in [-0.3, -0.25) is 9.88 Å². The third-order valence-electron chi connectivity index (χ3n) is 3.26. The Morgan fingerprint density at radius 2 is 2.38 bits per heavy atom. The summed E-state index contributed by atoms with van der Waals surface area (Å²) in [4.78, 5) is 6.95. The number of aromatic nitrogens is 1. The minimum absolute atomic E-state index is 0.635. The van der Waals surface area contributed by atoms with E-state index >= 15 is 0 Å². The van der Waals surface area contributed by atoms with Crippen LogP contribution in [0.15, 0.2) is 24.4 Å². The van der Waals surface area contributed by atoms with Crippen LogP contribution in [0, 0.1) is 5.92 Å². The molecule has 1 aliphatic rings. The van der Waals surface area contributed by atoms with Crippen LogP contribution in [0.1, 0.15) is 19.5 Å². The number of hydrogen-bond donors (Lipinski definition) is 1. The van der Waals surface area contributed by atoms with Crippen LogP contribution in [0.3, 0.4) is 0 Å². The molecule has 1 fully saturated rings. The van der Waals surface area contributed by atoms with Crippen molar-refractivity contribution >= 4 is 0 Å². The number of nitrogens with one attached hydrogen (secondary N) is 1. The summed E-state index contributed by atoms with van der Waals surface area (Å²) in [5.41, 5.74) is 1.18. The van der Waals surface area contributed by atoms with Crippen molar-refractivity contribution in [2.24, 2.45) is 5.92 Å². The van der Waals surface area contributed by atoms with Crippen LogP contribution in [-0.4, -0.2) is 35.6 Å². The van der Waals surface area contributed by atoms with Gasteiger partial charge in [-0.25, -0.2) is 0 Å². The fourth-order valence-corrected chi connectivity index (χ4v) is 2.32. The highest BCUT2D eigenvalue weighted by Crippen LogP contribution is 2.15. The lowest BCUT2D eigenvalue weighted by Crippen LogP contribution is -2.53. The van der Waals surface area contributed by atoms with Crippen molar-refractivity contribution in [2.75, 3.05) is 19.6 Å². The van der Waals surface area contributed by atoms with Crippen LogP contribution in [0.2, 0.25) is 0 Å². The number of pyridine rings is 1. The van der Waals surface area contributed by atoms with Gasteiger partial charge in [0, 0.05) is 38.4 Å². The van der Waals surface area contributed by atoms with Gasteiger partial charge in [0.2, 0.25) is 0 Å². The zero-order chi connectivity index (χ0) is 11.4. The Morgan fingerprint density at radius 3 is 3.06 bits per heavy atom. The molecule has 1 aromatic heterocycles. The largest absolute Gasteiger partial charge is 0.314 e. The predicted octanol–water partition coefficient (Wildman–Crippen LogP) is 1.51. The molecule has 0 bridgehead atoms. The predicted molar refractivity (Wildman–Crippen MR) is 66.1 cm³/mol. The van der Waals surface area contributed by atoms with Crippen molar-refractivity contribution < 1.29 is 0 Å². The van der Waals surface area contributed by atoms with Gasteiger partial charge in [-0.2, -0.15) is 0 Å². The average molecular weight is 219 g/mol. The monoisotopic (exact) mass is 219 g/mol. The van der Waals surface area contributed by atoms with Gasteiger partial charge in [0.25, 0.3) is 0 Å². The Bertz CT molecular complexity index is 310. The van der Waals surface area contributed by atoms with E-state index in [1.165, 1.54) is 5.69 Å². The minimum atomic E-state index is 0.635. The molecule has 0 saturated carbocycles. The summed E-state index contributed by atoms with van der Waals surface area (Å²) in [6, 6.07) is 6.78. The summed E-state index contributed by atoms with van der Waals surface area (Å²) in [6.45, 7) is 8.89. The first-order valence-electron chi connectivity index (χ1n) is 6.12. The molecule has 3 heteroatoms. The van der Waals surface area contributed by atoms with Crippen LogP contribution in [0.25, 0.3) is 0 Å². The third kappa shape index (κ3) is 2.80. The van der Waals surface area contributed by atoms with Gasteiger partial charge in [0.1, 0.15) is 0 Å². The Balaban J connectivity index is 2.01. The number of hydrogen-bond acceptors (Lipinski definition) is 3. The molecule has 0 aromatic carbocycles. The number of rotatable bonds is 3. The molecule has 0 amide bonds. The summed E-state index contributed by atoms with van der Waals surface area (Å²) in [6.07, 6.45) is 1.88. The average Bonchev–Trinajstić information content (AvgIpc) is 2.31. The van der Waals surface area contributed by atoms with Gasteiger partial charge < -0.3 is 5.32 Å². The third-order valence-corrected chi connectivity index (χ3v) is 3.26. The van der Waals surface area contributed by atoms with Gasteiger partial charge in [-0.15, -0.1) is 0 Å². The van der Waals surface area contributed by atoms with Crippen molar-refractivity contribution in [1.82, 2.24) is 15.2 Å². The molecule has 0 radical (unpaired) electrons. The second-order valence-corrected chi connectivity index (χ2v) is 4.81. The molecule has 16 heavy (non-hydrogen) atoms. The summed E-state index contributed by atoms with van der Waals surface area (Å²) in [5, 5.41) is 3.47. The van der Waals surface area contributed by atoms with E-state index in [-0.39, 0.29) is 0 Å². The lowest BCUT2D eigenvalue weighted by atomic mass is 10.0. The highest BCUT2D eigenvalue weighted by Gasteiger charge is 2.24. The van der Waals surface area contributed by atoms with Crippen LogP contribution in [0.5, 0.6) is 0 Å². The van der Waals surface area contributed by atoms with E-state index in [4.69, 9.17) is 0 Å². The molecular weight excluding hydrogens is 198 g/mol. The van der Waals surface area contributed by atoms with Crippen molar-refractivity contribution in [2.45, 2.75) is 26.4 Å². The van der Waals surface area contributed by atoms with Crippen molar-refractivity contribution in [3.05, 3.63) is 30.1 Å². The van der Waals surface area contributed by atoms with Crippen LogP contribution >= 0.6 is 0 Å². The lowest BCUT2D eigenvalue weighted by Gasteiger charge is -2.38. The maximum atomic E-state index is 4.40. The van der Waals surface area contributed by atoms with Crippen molar-refractivity contribution in [3.8, 4) is 0 Å². The first-order valence-corrected chi connectivity index (χ1v) is 6.12. The highest BCUT2D eigenvalue weighted by atomic mass is 15.2. The summed E-state index contributed by atoms with van der Waals surface area (Å²) in [5.74, 6) is 0.691. The molecule has 2 rings (SSSR count). The highest BCUT2D eigenvalue weighted by molar-refractivity contribution is 5.04. The molecule has 2 heterocycles. The molecule has 0 aliphatic carbocycles. The Labute approximate surface area is 97.9 Å². The summed E-state index contributed by atoms with van der Waals surface area (Å²) >= 11 is 0. The van der Waals surface area contributed by atoms with E-state index in [2.05, 4.69) is 41.2 Å². The SMILES string of the molecule is CC(C)C1CNCCN1Cc1ccccn1. The van der Waals surface area contributed by atoms with Gasteiger partial charge in [0.15, 0.2) is 0 Å². The quantitative estimate of drug-likeness (QED) is 0.835. The molecule has 1 unspecified atom stereocenters. The first-order chi connectivity index (χ1) is 7.77. The summed E-state index contributed by atoms with van der Waals surface area (Å²) in [7, 11) is 0. The van der Waals surface area contributed by atoms with Gasteiger partial charge in [-0.05, 0) is 18.1 Å². The summed E-state index contributed by atoms with van der Waals surface area (Å²) < 4.78 is 0. The fourth-order valence-electron chi connectivity index (χ4n) is 2.32. The first kappa shape index (κ1) is 11.6. The van der Waals surface area contributed by atoms with Gasteiger partial charge in [-0.1, -0.05) is 19.9 Å². The van der Waals surface area contributed by atoms with E-state index in [9.17, 15) is 0 Å². The standard InChI is InChI=1S/C13H21N3/c1-11(2)13-9-14-7-8-16(13)10-12-5-3-4-6-15-12/h3-6,11,13-14H,7-10H2,1-2H3. The Morgan fingerprint density at radius 1 is 1.50 bits per heavy atom. The van der Waals surface area contributed by atoms with Crippen LogP contribution < -0.4 is 5.32 Å². The maximum absolute atomic E-state index is 4.40. The zero-order valence-corrected chi connectivity index (χ0v) is 10.2. The van der Waals surface area contributed by atoms with E-state index in [1.807, 2.05) is 12.3 Å². The topological polar surface area (TPSA) is 28.2 Å². The van der Waals surface area contributed by atoms with Gasteiger partial charge >= 0.3 is 0 Å². The van der Waals surface area contributed by atoms with E-state index in [1.54, 1.807) is 0 Å². The molecule has 1 aliphatic heterocycles. The van der Waals surface area contributed by atoms with E-state index in [0.29, 0.717) is 12.0 Å². The van der Waals surface area contributed by atoms with Crippen molar-refractivity contribution in [3.63, 3.8) is 0 Å². The normalized spacial score (nSPS) is 22.6. The van der Waals surface area contributed by atoms with Gasteiger partial charge in [0.05, 0.1) is 5.69 Å². The number of piperazine rings is 1. The molecule has 1 aromatic rings. The molecule has 1 saturated heterocycles. The second kappa shape index (κ2) is 5.41. The molecule has 0 spiro atoms. The maximum Gasteiger partial charge on any atom is 0.0544 e. The zero-order valence-electron chi connectivity index (χ0n) is 10.2. The fraction of sp³-hybridized carbons (Fsp3) is 0.615. The molecule has 1 N–H and O–H groups in total. The number of nitrogens with zero attached hydrogens (tertiary/aromatic N) is 2. The lowest BCUT2D eigenvalue weighted by molar-refractivity contribution is 0.115. The minimum Gasteiger partial charge on any atom is -0.314 e. The smallest absolute Gasteiger partial charge is 0.0544 e. The molecule has 88 valence electrons. The van der Waals surface area contributed by atoms with Crippen LogP contribution in [0.4, 0.5) is 0 Å². The Kier molecular flexibility index (Phi) is 3.91. The second-order valence-electron chi connectivity index (χ2n) is 4.81. The Hall–Kier alpha value is -0.930. The molecular formula is C13H21N3. The van der Waals surface area contributed by atoms with E-state index < -0.39 is 0 Å².